The molecule has 0 aromatic heterocycles. The average molecular weight is 236 g/mol. The second-order valence-corrected chi connectivity index (χ2v) is 6.04. The highest BCUT2D eigenvalue weighted by Crippen LogP contribution is 2.46. The molecule has 4 atom stereocenters. The van der Waals surface area contributed by atoms with E-state index >= 15 is 0 Å². The fraction of sp³-hybridized carbons (Fsp3) is 0.929. The Balaban J connectivity index is 1.82. The third-order valence-electron chi connectivity index (χ3n) is 5.26. The first-order chi connectivity index (χ1) is 8.35. The minimum Gasteiger partial charge on any atom is -0.411 e. The van der Waals surface area contributed by atoms with Gasteiger partial charge in [0, 0.05) is 12.0 Å². The number of likely N-dealkylation sites (tertiary alicyclic amines) is 1. The highest BCUT2D eigenvalue weighted by atomic mass is 16.4. The second kappa shape index (κ2) is 4.60. The molecule has 96 valence electrons. The highest BCUT2D eigenvalue weighted by Gasteiger charge is 2.49. The number of hydrogen-bond acceptors (Lipinski definition) is 3. The van der Waals surface area contributed by atoms with Gasteiger partial charge in [-0.3, -0.25) is 4.90 Å². The number of fused-ring (bicyclic) bond motifs is 2. The molecule has 17 heavy (non-hydrogen) atoms. The summed E-state index contributed by atoms with van der Waals surface area (Å²) < 4.78 is 0. The summed E-state index contributed by atoms with van der Waals surface area (Å²) in [7, 11) is 0. The second-order valence-electron chi connectivity index (χ2n) is 6.04. The summed E-state index contributed by atoms with van der Waals surface area (Å²) in [5.41, 5.74) is 1.11. The summed E-state index contributed by atoms with van der Waals surface area (Å²) >= 11 is 0. The first-order valence-corrected chi connectivity index (χ1v) is 7.32. The van der Waals surface area contributed by atoms with Crippen molar-refractivity contribution in [3.05, 3.63) is 0 Å². The molecule has 3 nitrogen and oxygen atoms in total. The molecule has 0 aromatic rings. The Bertz CT molecular complexity index is 315. The highest BCUT2D eigenvalue weighted by molar-refractivity contribution is 5.94. The van der Waals surface area contributed by atoms with Gasteiger partial charge in [-0.15, -0.1) is 0 Å². The number of rotatable bonds is 2. The fourth-order valence-corrected chi connectivity index (χ4v) is 4.46. The van der Waals surface area contributed by atoms with Crippen LogP contribution in [0.3, 0.4) is 0 Å². The average Bonchev–Trinajstić information content (AvgIpc) is 2.98. The third kappa shape index (κ3) is 1.79. The predicted octanol–water partition coefficient (Wildman–Crippen LogP) is 2.88. The van der Waals surface area contributed by atoms with Gasteiger partial charge < -0.3 is 5.21 Å². The monoisotopic (exact) mass is 236 g/mol. The van der Waals surface area contributed by atoms with Gasteiger partial charge in [0.25, 0.3) is 0 Å². The van der Waals surface area contributed by atoms with Gasteiger partial charge in [-0.1, -0.05) is 18.5 Å². The first-order valence-electron chi connectivity index (χ1n) is 7.32. The SMILES string of the molecule is CC[C@H]1CCCCN1[C@@H]1/C(=N\O)[C@H]2CC[C@H]1C2. The maximum atomic E-state index is 9.31. The largest absolute Gasteiger partial charge is 0.411 e. The molecule has 2 aliphatic carbocycles. The smallest absolute Gasteiger partial charge is 0.0775 e. The summed E-state index contributed by atoms with van der Waals surface area (Å²) in [5, 5.41) is 13.0. The minimum atomic E-state index is 0.476. The molecule has 1 aliphatic heterocycles. The molecule has 2 saturated carbocycles. The van der Waals surface area contributed by atoms with Crippen molar-refractivity contribution in [2.75, 3.05) is 6.54 Å². The zero-order chi connectivity index (χ0) is 11.8. The maximum Gasteiger partial charge on any atom is 0.0775 e. The molecule has 3 rings (SSSR count). The zero-order valence-electron chi connectivity index (χ0n) is 10.8. The summed E-state index contributed by atoms with van der Waals surface area (Å²) in [6.45, 7) is 3.51. The van der Waals surface area contributed by atoms with E-state index in [1.54, 1.807) is 0 Å². The van der Waals surface area contributed by atoms with Crippen molar-refractivity contribution >= 4 is 5.71 Å². The van der Waals surface area contributed by atoms with Crippen molar-refractivity contribution in [1.29, 1.82) is 0 Å². The van der Waals surface area contributed by atoms with Gasteiger partial charge in [0.2, 0.25) is 0 Å². The van der Waals surface area contributed by atoms with Crippen LogP contribution in [0.4, 0.5) is 0 Å². The van der Waals surface area contributed by atoms with Crippen LogP contribution in [0.2, 0.25) is 0 Å². The van der Waals surface area contributed by atoms with E-state index in [9.17, 15) is 5.21 Å². The minimum absolute atomic E-state index is 0.476. The van der Waals surface area contributed by atoms with Gasteiger partial charge in [0.1, 0.15) is 0 Å². The van der Waals surface area contributed by atoms with Crippen molar-refractivity contribution in [3.63, 3.8) is 0 Å². The van der Waals surface area contributed by atoms with Gasteiger partial charge in [0.15, 0.2) is 0 Å². The Morgan fingerprint density at radius 1 is 1.29 bits per heavy atom. The molecule has 0 spiro atoms. The number of nitrogens with zero attached hydrogens (tertiary/aromatic N) is 2. The van der Waals surface area contributed by atoms with Crippen molar-refractivity contribution in [2.24, 2.45) is 17.0 Å². The summed E-state index contributed by atoms with van der Waals surface area (Å²) in [6.07, 6.45) is 9.16. The zero-order valence-corrected chi connectivity index (χ0v) is 10.8. The Morgan fingerprint density at radius 2 is 2.18 bits per heavy atom. The summed E-state index contributed by atoms with van der Waals surface area (Å²) in [5.74, 6) is 1.37. The Kier molecular flexibility index (Phi) is 3.12. The van der Waals surface area contributed by atoms with Crippen molar-refractivity contribution in [1.82, 2.24) is 4.90 Å². The van der Waals surface area contributed by atoms with E-state index in [-0.39, 0.29) is 0 Å². The molecule has 3 fully saturated rings. The van der Waals surface area contributed by atoms with Crippen LogP contribution < -0.4 is 0 Å². The molecule has 0 radical (unpaired) electrons. The molecular weight excluding hydrogens is 212 g/mol. The lowest BCUT2D eigenvalue weighted by Crippen LogP contribution is -2.52. The molecule has 0 unspecified atom stereocenters. The first kappa shape index (κ1) is 11.5. The van der Waals surface area contributed by atoms with E-state index in [1.807, 2.05) is 0 Å². The molecule has 3 aliphatic rings. The predicted molar refractivity (Wildman–Crippen MR) is 68.5 cm³/mol. The number of hydrogen-bond donors (Lipinski definition) is 1. The van der Waals surface area contributed by atoms with Crippen LogP contribution in [0.1, 0.15) is 51.9 Å². The van der Waals surface area contributed by atoms with E-state index < -0.39 is 0 Å². The Hall–Kier alpha value is -0.570. The van der Waals surface area contributed by atoms with Gasteiger partial charge in [0.05, 0.1) is 11.8 Å². The van der Waals surface area contributed by atoms with Gasteiger partial charge in [-0.25, -0.2) is 0 Å². The quantitative estimate of drug-likeness (QED) is 0.591. The Labute approximate surface area is 104 Å². The van der Waals surface area contributed by atoms with Crippen LogP contribution in [0.15, 0.2) is 5.16 Å². The van der Waals surface area contributed by atoms with Gasteiger partial charge >= 0.3 is 0 Å². The molecule has 0 aromatic carbocycles. The van der Waals surface area contributed by atoms with Crippen molar-refractivity contribution in [2.45, 2.75) is 64.0 Å². The van der Waals surface area contributed by atoms with Crippen LogP contribution in [0.5, 0.6) is 0 Å². The molecule has 0 amide bonds. The van der Waals surface area contributed by atoms with E-state index in [1.165, 1.54) is 51.5 Å². The lowest BCUT2D eigenvalue weighted by molar-refractivity contribution is 0.0954. The molecule has 1 heterocycles. The fourth-order valence-electron chi connectivity index (χ4n) is 4.46. The lowest BCUT2D eigenvalue weighted by atomic mass is 9.88. The maximum absolute atomic E-state index is 9.31. The molecule has 1 N–H and O–H groups in total. The molecule has 2 bridgehead atoms. The van der Waals surface area contributed by atoms with Crippen LogP contribution in [0.25, 0.3) is 0 Å². The van der Waals surface area contributed by atoms with Crippen molar-refractivity contribution in [3.8, 4) is 0 Å². The normalized spacial score (nSPS) is 44.6. The van der Waals surface area contributed by atoms with Gasteiger partial charge in [-0.2, -0.15) is 0 Å². The van der Waals surface area contributed by atoms with E-state index in [0.29, 0.717) is 12.0 Å². The summed E-state index contributed by atoms with van der Waals surface area (Å²) in [6, 6.07) is 1.20. The lowest BCUT2D eigenvalue weighted by Gasteiger charge is -2.42. The molecule has 1 saturated heterocycles. The number of oxime groups is 1. The Morgan fingerprint density at radius 3 is 2.94 bits per heavy atom. The van der Waals surface area contributed by atoms with E-state index in [0.717, 1.165) is 17.7 Å². The van der Waals surface area contributed by atoms with Crippen LogP contribution in [-0.2, 0) is 0 Å². The third-order valence-corrected chi connectivity index (χ3v) is 5.26. The topological polar surface area (TPSA) is 35.8 Å². The van der Waals surface area contributed by atoms with Crippen LogP contribution in [0, 0.1) is 11.8 Å². The van der Waals surface area contributed by atoms with E-state index in [4.69, 9.17) is 0 Å². The molecular formula is C14H24N2O. The van der Waals surface area contributed by atoms with Crippen LogP contribution >= 0.6 is 0 Å². The number of piperidine rings is 1. The van der Waals surface area contributed by atoms with Crippen LogP contribution in [-0.4, -0.2) is 34.4 Å². The van der Waals surface area contributed by atoms with E-state index in [2.05, 4.69) is 17.0 Å². The summed E-state index contributed by atoms with van der Waals surface area (Å²) in [4.78, 5) is 2.67. The van der Waals surface area contributed by atoms with Crippen molar-refractivity contribution < 1.29 is 5.21 Å². The van der Waals surface area contributed by atoms with Gasteiger partial charge in [-0.05, 0) is 51.0 Å². The molecule has 3 heteroatoms. The standard InChI is InChI=1S/C14H24N2O/c1-2-12-5-3-4-8-16(12)14-11-7-6-10(9-11)13(14)15-17/h10-12,14,17H,2-9H2,1H3/b15-13-/t10-,11-,12-,14-/m0/s1.